The second-order valence-corrected chi connectivity index (χ2v) is 8.84. The summed E-state index contributed by atoms with van der Waals surface area (Å²) >= 11 is 0. The number of nitrogens with zero attached hydrogens (tertiary/aromatic N) is 1. The zero-order chi connectivity index (χ0) is 22.7. The summed E-state index contributed by atoms with van der Waals surface area (Å²) in [5.41, 5.74) is 0.671. The van der Waals surface area contributed by atoms with E-state index in [9.17, 15) is 14.4 Å². The Bertz CT molecular complexity index is 867. The largest absolute Gasteiger partial charge is 0.486 e. The number of benzene rings is 1. The first kappa shape index (κ1) is 22.4. The molecule has 3 atom stereocenters. The number of fused-ring (bicyclic) bond motifs is 1. The van der Waals surface area contributed by atoms with Gasteiger partial charge in [0, 0.05) is 37.9 Å². The second kappa shape index (κ2) is 9.77. The summed E-state index contributed by atoms with van der Waals surface area (Å²) in [6, 6.07) is 4.67. The normalized spacial score (nSPS) is 23.3. The van der Waals surface area contributed by atoms with Gasteiger partial charge >= 0.3 is 0 Å². The molecule has 3 aliphatic rings. The number of ether oxygens (including phenoxy) is 3. The van der Waals surface area contributed by atoms with Gasteiger partial charge in [-0.05, 0) is 30.9 Å². The molecule has 2 N–H and O–H groups in total. The van der Waals surface area contributed by atoms with E-state index in [2.05, 4.69) is 10.6 Å². The topological polar surface area (TPSA) is 106 Å². The van der Waals surface area contributed by atoms with Gasteiger partial charge in [-0.2, -0.15) is 0 Å². The van der Waals surface area contributed by atoms with Crippen molar-refractivity contribution in [2.45, 2.75) is 45.3 Å². The maximum atomic E-state index is 12.9. The molecule has 0 saturated carbocycles. The van der Waals surface area contributed by atoms with Crippen LogP contribution in [0.15, 0.2) is 18.2 Å². The first-order valence-corrected chi connectivity index (χ1v) is 11.3. The van der Waals surface area contributed by atoms with Gasteiger partial charge in [0.05, 0.1) is 12.0 Å². The van der Waals surface area contributed by atoms with Gasteiger partial charge in [0.25, 0.3) is 0 Å². The lowest BCUT2D eigenvalue weighted by atomic mass is 10.0. The highest BCUT2D eigenvalue weighted by atomic mass is 16.6. The lowest BCUT2D eigenvalue weighted by molar-refractivity contribution is -0.132. The second-order valence-electron chi connectivity index (χ2n) is 8.84. The van der Waals surface area contributed by atoms with Crippen molar-refractivity contribution in [2.75, 3.05) is 37.8 Å². The average Bonchev–Trinajstić information content (AvgIpc) is 3.45. The molecule has 0 spiro atoms. The van der Waals surface area contributed by atoms with E-state index in [1.165, 1.54) is 0 Å². The number of carbonyl (C=O) groups excluding carboxylic acids is 3. The van der Waals surface area contributed by atoms with Gasteiger partial charge in [-0.25, -0.2) is 0 Å². The number of hydrogen-bond donors (Lipinski definition) is 2. The molecule has 0 aliphatic carbocycles. The first-order valence-electron chi connectivity index (χ1n) is 11.3. The summed E-state index contributed by atoms with van der Waals surface area (Å²) < 4.78 is 16.7. The van der Waals surface area contributed by atoms with Gasteiger partial charge in [0.15, 0.2) is 11.5 Å². The fourth-order valence-electron chi connectivity index (χ4n) is 4.27. The molecule has 2 fully saturated rings. The van der Waals surface area contributed by atoms with Crippen molar-refractivity contribution < 1.29 is 28.6 Å². The number of carbonyl (C=O) groups is 3. The minimum Gasteiger partial charge on any atom is -0.486 e. The lowest BCUT2D eigenvalue weighted by Gasteiger charge is -2.24. The predicted molar refractivity (Wildman–Crippen MR) is 117 cm³/mol. The summed E-state index contributed by atoms with van der Waals surface area (Å²) in [4.78, 5) is 39.9. The molecule has 9 heteroatoms. The Morgan fingerprint density at radius 2 is 1.94 bits per heavy atom. The van der Waals surface area contributed by atoms with E-state index in [0.29, 0.717) is 36.9 Å². The molecule has 0 aromatic heterocycles. The highest BCUT2D eigenvalue weighted by Gasteiger charge is 2.37. The van der Waals surface area contributed by atoms with Gasteiger partial charge in [-0.3, -0.25) is 14.4 Å². The van der Waals surface area contributed by atoms with Crippen molar-refractivity contribution in [1.82, 2.24) is 10.6 Å². The molecule has 3 heterocycles. The quantitative estimate of drug-likeness (QED) is 0.654. The summed E-state index contributed by atoms with van der Waals surface area (Å²) in [7, 11) is 0. The van der Waals surface area contributed by atoms with Crippen LogP contribution in [0.25, 0.3) is 0 Å². The van der Waals surface area contributed by atoms with Crippen LogP contribution in [0.2, 0.25) is 0 Å². The third kappa shape index (κ3) is 4.98. The molecule has 174 valence electrons. The molecular weight excluding hydrogens is 414 g/mol. The maximum Gasteiger partial charge on any atom is 0.242 e. The highest BCUT2D eigenvalue weighted by Crippen LogP contribution is 2.36. The van der Waals surface area contributed by atoms with Crippen molar-refractivity contribution in [1.29, 1.82) is 0 Å². The average molecular weight is 446 g/mol. The van der Waals surface area contributed by atoms with Crippen molar-refractivity contribution in [3.05, 3.63) is 18.2 Å². The highest BCUT2D eigenvalue weighted by molar-refractivity contribution is 6.01. The Kier molecular flexibility index (Phi) is 6.83. The van der Waals surface area contributed by atoms with Crippen LogP contribution in [0.5, 0.6) is 11.5 Å². The number of amides is 3. The number of hydrogen-bond acceptors (Lipinski definition) is 6. The molecule has 2 saturated heterocycles. The molecule has 3 aliphatic heterocycles. The van der Waals surface area contributed by atoms with Crippen LogP contribution in [0, 0.1) is 11.8 Å². The molecule has 1 aromatic rings. The van der Waals surface area contributed by atoms with Crippen molar-refractivity contribution in [3.63, 3.8) is 0 Å². The summed E-state index contributed by atoms with van der Waals surface area (Å²) in [5.74, 6) is -0.0173. The van der Waals surface area contributed by atoms with E-state index in [0.717, 1.165) is 19.4 Å². The molecule has 32 heavy (non-hydrogen) atoms. The maximum absolute atomic E-state index is 12.9. The SMILES string of the molecule is CC(C)[C@H](NC(=O)C1CC(=O)N(c2ccc3c(c2)OCCO3)C1)C(=O)NCC1CCCO1. The minimum atomic E-state index is -0.664. The molecular formula is C23H31N3O6. The van der Waals surface area contributed by atoms with Crippen LogP contribution >= 0.6 is 0 Å². The van der Waals surface area contributed by atoms with Crippen LogP contribution in [0.4, 0.5) is 5.69 Å². The van der Waals surface area contributed by atoms with E-state index >= 15 is 0 Å². The third-order valence-corrected chi connectivity index (χ3v) is 6.11. The van der Waals surface area contributed by atoms with Gasteiger partial charge in [-0.1, -0.05) is 13.8 Å². The Morgan fingerprint density at radius 3 is 2.66 bits per heavy atom. The van der Waals surface area contributed by atoms with Gasteiger partial charge in [0.1, 0.15) is 19.3 Å². The lowest BCUT2D eigenvalue weighted by Crippen LogP contribution is -2.52. The van der Waals surface area contributed by atoms with Crippen LogP contribution in [0.1, 0.15) is 33.1 Å². The summed E-state index contributed by atoms with van der Waals surface area (Å²) in [6.07, 6.45) is 2.07. The minimum absolute atomic E-state index is 0.0365. The molecule has 4 rings (SSSR count). The molecule has 9 nitrogen and oxygen atoms in total. The van der Waals surface area contributed by atoms with Gasteiger partial charge < -0.3 is 29.7 Å². The van der Waals surface area contributed by atoms with E-state index in [4.69, 9.17) is 14.2 Å². The van der Waals surface area contributed by atoms with Crippen molar-refractivity contribution >= 4 is 23.4 Å². The van der Waals surface area contributed by atoms with E-state index < -0.39 is 12.0 Å². The Balaban J connectivity index is 1.36. The third-order valence-electron chi connectivity index (χ3n) is 6.11. The molecule has 0 bridgehead atoms. The van der Waals surface area contributed by atoms with Crippen molar-refractivity contribution in [3.8, 4) is 11.5 Å². The van der Waals surface area contributed by atoms with Crippen LogP contribution in [-0.2, 0) is 19.1 Å². The van der Waals surface area contributed by atoms with E-state index in [-0.39, 0.29) is 42.7 Å². The fraction of sp³-hybridized carbons (Fsp3) is 0.609. The predicted octanol–water partition coefficient (Wildman–Crippen LogP) is 1.25. The van der Waals surface area contributed by atoms with E-state index in [1.807, 2.05) is 13.8 Å². The van der Waals surface area contributed by atoms with Crippen molar-refractivity contribution in [2.24, 2.45) is 11.8 Å². The fourth-order valence-corrected chi connectivity index (χ4v) is 4.27. The standard InChI is InChI=1S/C23H31N3O6/c1-14(2)21(23(29)24-12-17-4-3-7-30-17)25-22(28)15-10-20(27)26(13-15)16-5-6-18-19(11-16)32-9-8-31-18/h5-6,11,14-15,17,21H,3-4,7-10,12-13H2,1-2H3,(H,24,29)(H,25,28)/t15?,17?,21-/m0/s1. The monoisotopic (exact) mass is 445 g/mol. The van der Waals surface area contributed by atoms with Gasteiger partial charge in [-0.15, -0.1) is 0 Å². The Hall–Kier alpha value is -2.81. The number of rotatable bonds is 7. The summed E-state index contributed by atoms with van der Waals surface area (Å²) in [6.45, 7) is 6.15. The van der Waals surface area contributed by atoms with Crippen LogP contribution in [0.3, 0.4) is 0 Å². The van der Waals surface area contributed by atoms with Crippen LogP contribution in [-0.4, -0.2) is 62.8 Å². The number of anilines is 1. The zero-order valence-electron chi connectivity index (χ0n) is 18.6. The molecule has 2 unspecified atom stereocenters. The first-order chi connectivity index (χ1) is 15.4. The molecule has 0 radical (unpaired) electrons. The summed E-state index contributed by atoms with van der Waals surface area (Å²) in [5, 5.41) is 5.75. The Morgan fingerprint density at radius 1 is 1.16 bits per heavy atom. The Labute approximate surface area is 187 Å². The zero-order valence-corrected chi connectivity index (χ0v) is 18.6. The number of nitrogens with one attached hydrogen (secondary N) is 2. The molecule has 1 aromatic carbocycles. The van der Waals surface area contributed by atoms with Gasteiger partial charge in [0.2, 0.25) is 17.7 Å². The smallest absolute Gasteiger partial charge is 0.242 e. The van der Waals surface area contributed by atoms with Crippen LogP contribution < -0.4 is 25.0 Å². The molecule has 3 amide bonds. The van der Waals surface area contributed by atoms with E-state index in [1.54, 1.807) is 23.1 Å².